The molecule has 0 amide bonds. The van der Waals surface area contributed by atoms with Gasteiger partial charge in [-0.15, -0.1) is 0 Å². The third-order valence-corrected chi connectivity index (χ3v) is 5.29. The summed E-state index contributed by atoms with van der Waals surface area (Å²) in [5.74, 6) is -0.388. The van der Waals surface area contributed by atoms with Gasteiger partial charge in [-0.1, -0.05) is 30.3 Å². The molecule has 0 fully saturated rings. The van der Waals surface area contributed by atoms with E-state index in [4.69, 9.17) is 4.74 Å². The predicted octanol–water partition coefficient (Wildman–Crippen LogP) is 3.27. The van der Waals surface area contributed by atoms with Gasteiger partial charge >= 0.3 is 5.97 Å². The van der Waals surface area contributed by atoms with Crippen molar-refractivity contribution in [3.05, 3.63) is 86.7 Å². The molecule has 0 saturated heterocycles. The van der Waals surface area contributed by atoms with Gasteiger partial charge in [0.15, 0.2) is 10.9 Å². The van der Waals surface area contributed by atoms with Gasteiger partial charge in [-0.2, -0.15) is 0 Å². The molecule has 0 aliphatic heterocycles. The summed E-state index contributed by atoms with van der Waals surface area (Å²) < 4.78 is 6.78. The first-order valence-electron chi connectivity index (χ1n) is 8.92. The van der Waals surface area contributed by atoms with E-state index >= 15 is 0 Å². The second-order valence-electron chi connectivity index (χ2n) is 6.78. The molecule has 2 aromatic heterocycles. The number of nitrogens with zero attached hydrogens (tertiary/aromatic N) is 1. The van der Waals surface area contributed by atoms with Crippen LogP contribution in [0.25, 0.3) is 38.1 Å². The summed E-state index contributed by atoms with van der Waals surface area (Å²) in [6, 6.07) is 17.9. The summed E-state index contributed by atoms with van der Waals surface area (Å²) in [5.41, 5.74) is 2.35. The van der Waals surface area contributed by atoms with Gasteiger partial charge in [-0.05, 0) is 35.9 Å². The van der Waals surface area contributed by atoms with E-state index < -0.39 is 0 Å². The molecule has 0 atom stereocenters. The van der Waals surface area contributed by atoms with E-state index in [1.165, 1.54) is 7.11 Å². The summed E-state index contributed by atoms with van der Waals surface area (Å²) in [4.78, 5) is 38.3. The van der Waals surface area contributed by atoms with E-state index in [9.17, 15) is 14.4 Å². The highest BCUT2D eigenvalue weighted by Gasteiger charge is 2.19. The van der Waals surface area contributed by atoms with E-state index in [0.29, 0.717) is 43.7 Å². The molecule has 28 heavy (non-hydrogen) atoms. The number of rotatable bonds is 2. The zero-order chi connectivity index (χ0) is 19.4. The predicted molar refractivity (Wildman–Crippen MR) is 109 cm³/mol. The SMILES string of the molecule is COC(=O)Cc1cccc2c(=O)c3cccc4c(=O)c5ccccc5n(c12)c43. The molecule has 0 spiro atoms. The molecule has 5 aromatic rings. The minimum atomic E-state index is -0.388. The molecule has 0 saturated carbocycles. The largest absolute Gasteiger partial charge is 0.469 e. The number of carbonyl (C=O) groups excluding carboxylic acids is 1. The number of pyridine rings is 2. The van der Waals surface area contributed by atoms with Crippen LogP contribution in [0, 0.1) is 0 Å². The first kappa shape index (κ1) is 16.4. The monoisotopic (exact) mass is 369 g/mol. The fourth-order valence-corrected chi connectivity index (χ4v) is 4.06. The minimum Gasteiger partial charge on any atom is -0.469 e. The van der Waals surface area contributed by atoms with E-state index in [1.807, 2.05) is 28.7 Å². The van der Waals surface area contributed by atoms with Crippen LogP contribution in [0.3, 0.4) is 0 Å². The highest BCUT2D eigenvalue weighted by atomic mass is 16.5. The van der Waals surface area contributed by atoms with Gasteiger partial charge in [0.1, 0.15) is 0 Å². The molecular weight excluding hydrogens is 354 g/mol. The van der Waals surface area contributed by atoms with Crippen molar-refractivity contribution < 1.29 is 9.53 Å². The molecule has 0 aliphatic rings. The van der Waals surface area contributed by atoms with Crippen LogP contribution < -0.4 is 10.9 Å². The lowest BCUT2D eigenvalue weighted by atomic mass is 10.00. The number of fused-ring (bicyclic) bond motifs is 4. The van der Waals surface area contributed by atoms with Crippen molar-refractivity contribution in [2.75, 3.05) is 7.11 Å². The molecule has 0 N–H and O–H groups in total. The topological polar surface area (TPSA) is 64.9 Å². The molecule has 0 aliphatic carbocycles. The molecule has 0 unspecified atom stereocenters. The Bertz CT molecular complexity index is 1520. The Morgan fingerprint density at radius 1 is 0.786 bits per heavy atom. The number of hydrogen-bond donors (Lipinski definition) is 0. The van der Waals surface area contributed by atoms with E-state index in [0.717, 1.165) is 0 Å². The van der Waals surface area contributed by atoms with Crippen LogP contribution in [-0.4, -0.2) is 17.5 Å². The van der Waals surface area contributed by atoms with Crippen molar-refractivity contribution in [1.29, 1.82) is 0 Å². The number of carbonyl (C=O) groups is 1. The van der Waals surface area contributed by atoms with Crippen LogP contribution in [0.4, 0.5) is 0 Å². The molecule has 3 aromatic carbocycles. The second-order valence-corrected chi connectivity index (χ2v) is 6.78. The Morgan fingerprint density at radius 3 is 2.07 bits per heavy atom. The van der Waals surface area contributed by atoms with Crippen LogP contribution in [-0.2, 0) is 16.0 Å². The average molecular weight is 369 g/mol. The first-order valence-corrected chi connectivity index (χ1v) is 8.92. The Balaban J connectivity index is 2.17. The van der Waals surface area contributed by atoms with Crippen LogP contribution in [0.2, 0.25) is 0 Å². The smallest absolute Gasteiger partial charge is 0.310 e. The zero-order valence-electron chi connectivity index (χ0n) is 15.1. The van der Waals surface area contributed by atoms with Crippen molar-refractivity contribution in [3.8, 4) is 0 Å². The molecule has 2 heterocycles. The molecule has 0 radical (unpaired) electrons. The van der Waals surface area contributed by atoms with E-state index in [1.54, 1.807) is 36.4 Å². The number of ether oxygens (including phenoxy) is 1. The number of esters is 1. The lowest BCUT2D eigenvalue weighted by molar-refractivity contribution is -0.139. The quantitative estimate of drug-likeness (QED) is 0.272. The van der Waals surface area contributed by atoms with Crippen LogP contribution in [0.5, 0.6) is 0 Å². The molecule has 136 valence electrons. The highest BCUT2D eigenvalue weighted by molar-refractivity contribution is 6.08. The van der Waals surface area contributed by atoms with Gasteiger partial charge < -0.3 is 9.14 Å². The normalized spacial score (nSPS) is 11.6. The number of hydrogen-bond acceptors (Lipinski definition) is 4. The summed E-state index contributed by atoms with van der Waals surface area (Å²) in [7, 11) is 1.34. The summed E-state index contributed by atoms with van der Waals surface area (Å²) in [6.45, 7) is 0. The lowest BCUT2D eigenvalue weighted by Crippen LogP contribution is -2.15. The van der Waals surface area contributed by atoms with Gasteiger partial charge in [0, 0.05) is 21.5 Å². The zero-order valence-corrected chi connectivity index (χ0v) is 15.1. The Hall–Kier alpha value is -3.73. The number of aromatic nitrogens is 1. The van der Waals surface area contributed by atoms with Gasteiger partial charge in [0.05, 0.1) is 30.1 Å². The molecule has 5 heteroatoms. The maximum absolute atomic E-state index is 13.2. The number of para-hydroxylation sites is 3. The van der Waals surface area contributed by atoms with E-state index in [-0.39, 0.29) is 23.2 Å². The first-order chi connectivity index (χ1) is 13.6. The standard InChI is InChI=1S/C23H15NO4/c1-28-19(25)12-13-6-4-8-15-20(13)24-18-11-3-2-7-14(18)22(26)16-9-5-10-17(21(16)24)23(15)27/h2-11H,12H2,1H3. The van der Waals surface area contributed by atoms with Crippen molar-refractivity contribution >= 4 is 44.1 Å². The van der Waals surface area contributed by atoms with Crippen molar-refractivity contribution in [2.45, 2.75) is 6.42 Å². The number of benzene rings is 3. The molecule has 5 rings (SSSR count). The van der Waals surface area contributed by atoms with Gasteiger partial charge in [0.2, 0.25) is 0 Å². The van der Waals surface area contributed by atoms with Gasteiger partial charge in [-0.3, -0.25) is 14.4 Å². The third-order valence-electron chi connectivity index (χ3n) is 5.29. The van der Waals surface area contributed by atoms with Crippen LogP contribution in [0.1, 0.15) is 5.56 Å². The van der Waals surface area contributed by atoms with Gasteiger partial charge in [0.25, 0.3) is 0 Å². The Morgan fingerprint density at radius 2 is 1.36 bits per heavy atom. The maximum Gasteiger partial charge on any atom is 0.310 e. The van der Waals surface area contributed by atoms with Gasteiger partial charge in [-0.25, -0.2) is 0 Å². The highest BCUT2D eigenvalue weighted by Crippen LogP contribution is 2.28. The summed E-state index contributed by atoms with van der Waals surface area (Å²) in [6.07, 6.45) is 0.0388. The van der Waals surface area contributed by atoms with Crippen molar-refractivity contribution in [3.63, 3.8) is 0 Å². The van der Waals surface area contributed by atoms with Crippen molar-refractivity contribution in [1.82, 2.24) is 4.40 Å². The fourth-order valence-electron chi connectivity index (χ4n) is 4.06. The molecule has 0 bridgehead atoms. The minimum absolute atomic E-state index is 0.0388. The number of methoxy groups -OCH3 is 1. The average Bonchev–Trinajstić information content (AvgIpc) is 2.73. The summed E-state index contributed by atoms with van der Waals surface area (Å²) >= 11 is 0. The summed E-state index contributed by atoms with van der Waals surface area (Å²) in [5, 5.41) is 2.06. The second kappa shape index (κ2) is 5.89. The maximum atomic E-state index is 13.2. The van der Waals surface area contributed by atoms with E-state index in [2.05, 4.69) is 0 Å². The third kappa shape index (κ3) is 2.10. The Kier molecular flexibility index (Phi) is 3.46. The van der Waals surface area contributed by atoms with Crippen molar-refractivity contribution in [2.24, 2.45) is 0 Å². The lowest BCUT2D eigenvalue weighted by Gasteiger charge is -2.16. The molecular formula is C23H15NO4. The van der Waals surface area contributed by atoms with Crippen LogP contribution in [0.15, 0.2) is 70.3 Å². The molecule has 5 nitrogen and oxygen atoms in total. The fraction of sp³-hybridized carbons (Fsp3) is 0.0870. The Labute approximate surface area is 158 Å². The van der Waals surface area contributed by atoms with Crippen LogP contribution >= 0.6 is 0 Å².